The number of nitrogens with one attached hydrogen (secondary N) is 2. The van der Waals surface area contributed by atoms with Crippen LogP contribution in [-0.4, -0.2) is 37.3 Å². The predicted molar refractivity (Wildman–Crippen MR) is 132 cm³/mol. The van der Waals surface area contributed by atoms with Crippen molar-refractivity contribution in [3.05, 3.63) is 30.0 Å². The lowest BCUT2D eigenvalue weighted by atomic mass is 9.91. The summed E-state index contributed by atoms with van der Waals surface area (Å²) in [5.74, 6) is 0.855. The largest absolute Gasteiger partial charge is 0.497 e. The van der Waals surface area contributed by atoms with E-state index in [1.807, 2.05) is 0 Å². The van der Waals surface area contributed by atoms with Crippen LogP contribution in [0.5, 0.6) is 5.75 Å². The highest BCUT2D eigenvalue weighted by molar-refractivity contribution is 5.92. The third kappa shape index (κ3) is 7.93. The minimum Gasteiger partial charge on any atom is -0.497 e. The second-order valence-electron chi connectivity index (χ2n) is 9.17. The van der Waals surface area contributed by atoms with E-state index < -0.39 is 0 Å². The molecule has 0 radical (unpaired) electrons. The van der Waals surface area contributed by atoms with Gasteiger partial charge in [-0.25, -0.2) is 0 Å². The van der Waals surface area contributed by atoms with Gasteiger partial charge in [-0.2, -0.15) is 0 Å². The number of anilines is 1. The van der Waals surface area contributed by atoms with Crippen LogP contribution in [0.4, 0.5) is 5.69 Å². The zero-order valence-electron chi connectivity index (χ0n) is 19.5. The Labute approximate surface area is 189 Å². The molecule has 0 amide bonds. The molecule has 2 unspecified atom stereocenters. The van der Waals surface area contributed by atoms with Crippen LogP contribution in [0.3, 0.4) is 0 Å². The maximum atomic E-state index is 5.59. The number of pyridine rings is 1. The minimum absolute atomic E-state index is 0. The van der Waals surface area contributed by atoms with Gasteiger partial charge < -0.3 is 21.1 Å². The number of hydrogen-bond donors (Lipinski definition) is 3. The lowest BCUT2D eigenvalue weighted by Gasteiger charge is -2.21. The van der Waals surface area contributed by atoms with Gasteiger partial charge >= 0.3 is 0 Å². The van der Waals surface area contributed by atoms with E-state index in [2.05, 4.69) is 69.5 Å². The number of rotatable bonds is 11. The average molecular weight is 437 g/mol. The third-order valence-electron chi connectivity index (χ3n) is 5.32. The lowest BCUT2D eigenvalue weighted by Crippen LogP contribution is -2.28. The molecule has 1 aromatic heterocycles. The molecule has 2 aromatic rings. The normalized spacial score (nSPS) is 13.6. The molecule has 0 saturated heterocycles. The van der Waals surface area contributed by atoms with Crippen molar-refractivity contribution in [2.24, 2.45) is 5.73 Å². The molecule has 5 nitrogen and oxygen atoms in total. The van der Waals surface area contributed by atoms with Crippen LogP contribution in [0.1, 0.15) is 66.0 Å². The molecule has 170 valence electrons. The summed E-state index contributed by atoms with van der Waals surface area (Å²) in [6, 6.07) is 9.26. The van der Waals surface area contributed by atoms with Gasteiger partial charge in [0.15, 0.2) is 0 Å². The summed E-state index contributed by atoms with van der Waals surface area (Å²) >= 11 is 0. The van der Waals surface area contributed by atoms with Crippen LogP contribution in [0.15, 0.2) is 24.3 Å². The van der Waals surface area contributed by atoms with Crippen LogP contribution >= 0.6 is 12.4 Å². The number of halogens is 1. The molecule has 0 spiro atoms. The smallest absolute Gasteiger partial charge is 0.121 e. The van der Waals surface area contributed by atoms with Gasteiger partial charge in [-0.3, -0.25) is 4.98 Å². The summed E-state index contributed by atoms with van der Waals surface area (Å²) in [5.41, 5.74) is 8.76. The van der Waals surface area contributed by atoms with Crippen LogP contribution in [-0.2, 0) is 5.41 Å². The fourth-order valence-corrected chi connectivity index (χ4v) is 3.47. The van der Waals surface area contributed by atoms with Crippen LogP contribution in [0.2, 0.25) is 0 Å². The molecule has 2 rings (SSSR count). The third-order valence-corrected chi connectivity index (χ3v) is 5.32. The zero-order valence-corrected chi connectivity index (χ0v) is 20.4. The van der Waals surface area contributed by atoms with Crippen molar-refractivity contribution in [2.75, 3.05) is 25.5 Å². The molecule has 1 heterocycles. The van der Waals surface area contributed by atoms with Crippen molar-refractivity contribution in [1.29, 1.82) is 0 Å². The second kappa shape index (κ2) is 12.3. The molecule has 0 aliphatic heterocycles. The van der Waals surface area contributed by atoms with E-state index in [1.165, 1.54) is 0 Å². The second-order valence-corrected chi connectivity index (χ2v) is 9.17. The van der Waals surface area contributed by atoms with E-state index in [0.717, 1.165) is 66.8 Å². The molecule has 0 aliphatic rings. The van der Waals surface area contributed by atoms with Crippen LogP contribution in [0.25, 0.3) is 10.9 Å². The van der Waals surface area contributed by atoms with E-state index in [9.17, 15) is 0 Å². The quantitative estimate of drug-likeness (QED) is 0.419. The molecular formula is C24H41ClN4O. The number of nitrogens with two attached hydrogens (primary N) is 1. The van der Waals surface area contributed by atoms with Gasteiger partial charge in [0.05, 0.1) is 18.3 Å². The number of methoxy groups -OCH3 is 1. The Morgan fingerprint density at radius 2 is 1.77 bits per heavy atom. The van der Waals surface area contributed by atoms with Crippen molar-refractivity contribution < 1.29 is 4.74 Å². The maximum absolute atomic E-state index is 5.59. The summed E-state index contributed by atoms with van der Waals surface area (Å²) in [6.45, 7) is 12.9. The zero-order chi connectivity index (χ0) is 21.4. The van der Waals surface area contributed by atoms with Gasteiger partial charge in [0.1, 0.15) is 5.75 Å². The highest BCUT2D eigenvalue weighted by Gasteiger charge is 2.17. The molecule has 2 atom stereocenters. The molecule has 6 heteroatoms. The van der Waals surface area contributed by atoms with Crippen molar-refractivity contribution in [3.8, 4) is 5.75 Å². The Bertz CT molecular complexity index is 776. The summed E-state index contributed by atoms with van der Waals surface area (Å²) in [7, 11) is 1.71. The molecule has 0 saturated carbocycles. The molecule has 0 fully saturated rings. The van der Waals surface area contributed by atoms with E-state index in [0.29, 0.717) is 12.1 Å². The minimum atomic E-state index is 0. The van der Waals surface area contributed by atoms with Gasteiger partial charge in [-0.05, 0) is 64.8 Å². The van der Waals surface area contributed by atoms with E-state index in [-0.39, 0.29) is 17.8 Å². The number of aromatic nitrogens is 1. The summed E-state index contributed by atoms with van der Waals surface area (Å²) in [5, 5.41) is 8.37. The van der Waals surface area contributed by atoms with Crippen molar-refractivity contribution >= 4 is 29.0 Å². The van der Waals surface area contributed by atoms with E-state index in [4.69, 9.17) is 15.5 Å². The Balaban J connectivity index is 0.00000450. The first-order valence-electron chi connectivity index (χ1n) is 10.9. The molecule has 0 bridgehead atoms. The number of fused-ring (bicyclic) bond motifs is 1. The Hall–Kier alpha value is -1.56. The molecule has 30 heavy (non-hydrogen) atoms. The number of benzene rings is 1. The highest BCUT2D eigenvalue weighted by atomic mass is 35.5. The van der Waals surface area contributed by atoms with E-state index >= 15 is 0 Å². The van der Waals surface area contributed by atoms with Gasteiger partial charge in [0, 0.05) is 34.6 Å². The van der Waals surface area contributed by atoms with E-state index in [1.54, 1.807) is 7.11 Å². The number of ether oxygens (including phenoxy) is 1. The lowest BCUT2D eigenvalue weighted by molar-refractivity contribution is 0.415. The average Bonchev–Trinajstić information content (AvgIpc) is 2.68. The SMILES string of the molecule is COc1cc(NC(C)CCCNC(C)CCCN)c2nc(C(C)(C)C)ccc2c1.Cl. The first-order chi connectivity index (χ1) is 13.7. The van der Waals surface area contributed by atoms with Gasteiger partial charge in [-0.15, -0.1) is 12.4 Å². The summed E-state index contributed by atoms with van der Waals surface area (Å²) in [6.07, 6.45) is 4.44. The number of hydrogen-bond acceptors (Lipinski definition) is 5. The van der Waals surface area contributed by atoms with Crippen LogP contribution < -0.4 is 21.1 Å². The molecule has 1 aromatic carbocycles. The van der Waals surface area contributed by atoms with Gasteiger partial charge in [0.2, 0.25) is 0 Å². The Morgan fingerprint density at radius 3 is 2.40 bits per heavy atom. The Morgan fingerprint density at radius 1 is 1.07 bits per heavy atom. The maximum Gasteiger partial charge on any atom is 0.121 e. The Kier molecular flexibility index (Phi) is 10.9. The van der Waals surface area contributed by atoms with Gasteiger partial charge in [-0.1, -0.05) is 26.8 Å². The molecular weight excluding hydrogens is 396 g/mol. The molecule has 0 aliphatic carbocycles. The predicted octanol–water partition coefficient (Wildman–Crippen LogP) is 5.26. The number of nitrogens with zero attached hydrogens (tertiary/aromatic N) is 1. The monoisotopic (exact) mass is 436 g/mol. The van der Waals surface area contributed by atoms with Gasteiger partial charge in [0.25, 0.3) is 0 Å². The summed E-state index contributed by atoms with van der Waals surface area (Å²) in [4.78, 5) is 4.98. The summed E-state index contributed by atoms with van der Waals surface area (Å²) < 4.78 is 5.51. The first kappa shape index (κ1) is 26.5. The standard InChI is InChI=1S/C24H40N4O.ClH/c1-17(9-7-13-25)26-14-8-10-18(2)27-21-16-20(29-6)15-19-11-12-22(24(3,4)5)28-23(19)21;/h11-12,15-18,26-27H,7-10,13-14,25H2,1-6H3;1H. The molecule has 4 N–H and O–H groups in total. The fraction of sp³-hybridized carbons (Fsp3) is 0.625. The van der Waals surface area contributed by atoms with Crippen molar-refractivity contribution in [3.63, 3.8) is 0 Å². The van der Waals surface area contributed by atoms with Crippen LogP contribution in [0, 0.1) is 0 Å². The fourth-order valence-electron chi connectivity index (χ4n) is 3.47. The highest BCUT2D eigenvalue weighted by Crippen LogP contribution is 2.31. The first-order valence-corrected chi connectivity index (χ1v) is 10.9. The topological polar surface area (TPSA) is 72.2 Å². The van der Waals surface area contributed by atoms with Crippen molar-refractivity contribution in [2.45, 2.75) is 77.8 Å². The van der Waals surface area contributed by atoms with Crippen molar-refractivity contribution in [1.82, 2.24) is 10.3 Å².